The SMILES string of the molecule is COC(=O)[C@H](Cc1c[nH]c2ccccc12)NC(=O)CN1CCN(c2ccccc2Cl)CC1. The topological polar surface area (TPSA) is 77.7 Å². The van der Waals surface area contributed by atoms with Gasteiger partial charge in [0.2, 0.25) is 5.91 Å². The zero-order valence-corrected chi connectivity index (χ0v) is 18.8. The maximum absolute atomic E-state index is 12.7. The second-order valence-corrected chi connectivity index (χ2v) is 8.33. The number of halogens is 1. The molecular formula is C24H27ClN4O3. The Kier molecular flexibility index (Phi) is 6.97. The molecule has 2 N–H and O–H groups in total. The van der Waals surface area contributed by atoms with Gasteiger partial charge in [-0.2, -0.15) is 0 Å². The number of hydrogen-bond donors (Lipinski definition) is 2. The number of nitrogens with one attached hydrogen (secondary N) is 2. The first-order valence-electron chi connectivity index (χ1n) is 10.7. The number of carbonyl (C=O) groups is 2. The molecule has 7 nitrogen and oxygen atoms in total. The van der Waals surface area contributed by atoms with Crippen LogP contribution in [-0.4, -0.2) is 67.6 Å². The molecule has 8 heteroatoms. The summed E-state index contributed by atoms with van der Waals surface area (Å²) in [6.45, 7) is 3.28. The summed E-state index contributed by atoms with van der Waals surface area (Å²) < 4.78 is 4.94. The lowest BCUT2D eigenvalue weighted by molar-refractivity contribution is -0.145. The van der Waals surface area contributed by atoms with E-state index in [0.717, 1.165) is 53.4 Å². The van der Waals surface area contributed by atoms with E-state index in [-0.39, 0.29) is 12.5 Å². The van der Waals surface area contributed by atoms with E-state index in [2.05, 4.69) is 20.1 Å². The Labute approximate surface area is 192 Å². The monoisotopic (exact) mass is 454 g/mol. The molecule has 0 aliphatic carbocycles. The Balaban J connectivity index is 1.34. The van der Waals surface area contributed by atoms with Gasteiger partial charge in [0, 0.05) is 49.7 Å². The second kappa shape index (κ2) is 10.1. The van der Waals surface area contributed by atoms with Crippen LogP contribution in [-0.2, 0) is 20.7 Å². The van der Waals surface area contributed by atoms with Gasteiger partial charge < -0.3 is 19.9 Å². The van der Waals surface area contributed by atoms with Crippen LogP contribution in [0.25, 0.3) is 10.9 Å². The summed E-state index contributed by atoms with van der Waals surface area (Å²) in [6, 6.07) is 14.9. The van der Waals surface area contributed by atoms with E-state index < -0.39 is 12.0 Å². The minimum atomic E-state index is -0.740. The average molecular weight is 455 g/mol. The highest BCUT2D eigenvalue weighted by molar-refractivity contribution is 6.33. The number of fused-ring (bicyclic) bond motifs is 1. The maximum Gasteiger partial charge on any atom is 0.328 e. The summed E-state index contributed by atoms with van der Waals surface area (Å²) in [4.78, 5) is 32.6. The highest BCUT2D eigenvalue weighted by Crippen LogP contribution is 2.26. The lowest BCUT2D eigenvalue weighted by atomic mass is 10.0. The van der Waals surface area contributed by atoms with E-state index in [4.69, 9.17) is 16.3 Å². The largest absolute Gasteiger partial charge is 0.467 e. The third-order valence-corrected chi connectivity index (χ3v) is 6.17. The molecular weight excluding hydrogens is 428 g/mol. The van der Waals surface area contributed by atoms with Crippen LogP contribution in [0.4, 0.5) is 5.69 Å². The van der Waals surface area contributed by atoms with Crippen molar-refractivity contribution >= 4 is 40.1 Å². The number of carbonyl (C=O) groups excluding carboxylic acids is 2. The first-order valence-corrected chi connectivity index (χ1v) is 11.1. The zero-order chi connectivity index (χ0) is 22.5. The number of benzene rings is 2. The number of piperazine rings is 1. The van der Waals surface area contributed by atoms with Gasteiger partial charge in [-0.15, -0.1) is 0 Å². The minimum Gasteiger partial charge on any atom is -0.467 e. The van der Waals surface area contributed by atoms with Gasteiger partial charge in [0.25, 0.3) is 0 Å². The lowest BCUT2D eigenvalue weighted by Gasteiger charge is -2.36. The number of nitrogens with zero attached hydrogens (tertiary/aromatic N) is 2. The number of H-pyrrole nitrogens is 1. The van der Waals surface area contributed by atoms with E-state index in [1.165, 1.54) is 7.11 Å². The van der Waals surface area contributed by atoms with Crippen molar-refractivity contribution in [2.24, 2.45) is 0 Å². The van der Waals surface area contributed by atoms with Crippen LogP contribution in [0.1, 0.15) is 5.56 Å². The Morgan fingerprint density at radius 1 is 1.09 bits per heavy atom. The van der Waals surface area contributed by atoms with Gasteiger partial charge in [0.1, 0.15) is 6.04 Å². The number of esters is 1. The Bertz CT molecular complexity index is 1090. The summed E-state index contributed by atoms with van der Waals surface area (Å²) in [5.41, 5.74) is 2.97. The van der Waals surface area contributed by atoms with Gasteiger partial charge in [0.15, 0.2) is 0 Å². The summed E-state index contributed by atoms with van der Waals surface area (Å²) in [5, 5.41) is 4.63. The molecule has 0 unspecified atom stereocenters. The number of aromatic nitrogens is 1. The number of aromatic amines is 1. The van der Waals surface area contributed by atoms with E-state index in [0.29, 0.717) is 6.42 Å². The predicted octanol–water partition coefficient (Wildman–Crippen LogP) is 2.84. The first kappa shape index (κ1) is 22.2. The number of rotatable bonds is 7. The van der Waals surface area contributed by atoms with E-state index in [9.17, 15) is 9.59 Å². The van der Waals surface area contributed by atoms with Crippen molar-refractivity contribution in [3.8, 4) is 0 Å². The van der Waals surface area contributed by atoms with E-state index in [1.54, 1.807) is 0 Å². The molecule has 0 radical (unpaired) electrons. The quantitative estimate of drug-likeness (QED) is 0.537. The molecule has 4 rings (SSSR count). The zero-order valence-electron chi connectivity index (χ0n) is 18.0. The second-order valence-electron chi connectivity index (χ2n) is 7.92. The molecule has 2 heterocycles. The van der Waals surface area contributed by atoms with Crippen LogP contribution in [0.2, 0.25) is 5.02 Å². The normalized spacial score (nSPS) is 15.5. The Hall–Kier alpha value is -3.03. The van der Waals surface area contributed by atoms with Crippen LogP contribution in [0, 0.1) is 0 Å². The van der Waals surface area contributed by atoms with Gasteiger partial charge in [-0.25, -0.2) is 4.79 Å². The number of amides is 1. The van der Waals surface area contributed by atoms with Crippen molar-refractivity contribution in [1.29, 1.82) is 0 Å². The van der Waals surface area contributed by atoms with Crippen molar-refractivity contribution in [3.63, 3.8) is 0 Å². The molecule has 32 heavy (non-hydrogen) atoms. The summed E-state index contributed by atoms with van der Waals surface area (Å²) in [7, 11) is 1.34. The van der Waals surface area contributed by atoms with E-state index in [1.807, 2.05) is 54.7 Å². The molecule has 0 spiro atoms. The van der Waals surface area contributed by atoms with Crippen molar-refractivity contribution in [2.45, 2.75) is 12.5 Å². The number of methoxy groups -OCH3 is 1. The van der Waals surface area contributed by atoms with Gasteiger partial charge in [-0.05, 0) is 23.8 Å². The van der Waals surface area contributed by atoms with Gasteiger partial charge >= 0.3 is 5.97 Å². The number of ether oxygens (including phenoxy) is 1. The molecule has 0 bridgehead atoms. The maximum atomic E-state index is 12.7. The van der Waals surface area contributed by atoms with Gasteiger partial charge in [-0.3, -0.25) is 9.69 Å². The molecule has 0 saturated carbocycles. The fourth-order valence-corrected chi connectivity index (χ4v) is 4.41. The minimum absolute atomic E-state index is 0.188. The van der Waals surface area contributed by atoms with Crippen LogP contribution < -0.4 is 10.2 Å². The molecule has 1 fully saturated rings. The molecule has 1 aliphatic rings. The molecule has 1 saturated heterocycles. The van der Waals surface area contributed by atoms with Crippen molar-refractivity contribution in [3.05, 3.63) is 65.3 Å². The Morgan fingerprint density at radius 3 is 2.56 bits per heavy atom. The highest BCUT2D eigenvalue weighted by atomic mass is 35.5. The molecule has 1 atom stereocenters. The van der Waals surface area contributed by atoms with Gasteiger partial charge in [-0.1, -0.05) is 41.9 Å². The lowest BCUT2D eigenvalue weighted by Crippen LogP contribution is -2.52. The molecule has 168 valence electrons. The number of anilines is 1. The number of para-hydroxylation sites is 2. The molecule has 2 aromatic carbocycles. The Morgan fingerprint density at radius 2 is 1.81 bits per heavy atom. The molecule has 3 aromatic rings. The summed E-state index contributed by atoms with van der Waals surface area (Å²) in [6.07, 6.45) is 2.24. The standard InChI is InChI=1S/C24H27ClN4O3/c1-32-24(31)21(14-17-15-26-20-8-4-2-6-18(17)20)27-23(30)16-28-10-12-29(13-11-28)22-9-5-3-7-19(22)25/h2-9,15,21,26H,10-14,16H2,1H3,(H,27,30)/t21-/m0/s1. The third kappa shape index (κ3) is 5.06. The van der Waals surface area contributed by atoms with Crippen molar-refractivity contribution in [1.82, 2.24) is 15.2 Å². The summed E-state index contributed by atoms with van der Waals surface area (Å²) >= 11 is 6.31. The van der Waals surface area contributed by atoms with Crippen molar-refractivity contribution < 1.29 is 14.3 Å². The average Bonchev–Trinajstić information content (AvgIpc) is 3.22. The predicted molar refractivity (Wildman–Crippen MR) is 126 cm³/mol. The van der Waals surface area contributed by atoms with Gasteiger partial charge in [0.05, 0.1) is 24.4 Å². The van der Waals surface area contributed by atoms with E-state index >= 15 is 0 Å². The molecule has 1 aromatic heterocycles. The van der Waals surface area contributed by atoms with Crippen LogP contribution >= 0.6 is 11.6 Å². The fourth-order valence-electron chi connectivity index (χ4n) is 4.15. The highest BCUT2D eigenvalue weighted by Gasteiger charge is 2.25. The van der Waals surface area contributed by atoms with Crippen LogP contribution in [0.15, 0.2) is 54.7 Å². The molecule has 1 amide bonds. The van der Waals surface area contributed by atoms with Crippen molar-refractivity contribution in [2.75, 3.05) is 44.7 Å². The fraction of sp³-hybridized carbons (Fsp3) is 0.333. The summed E-state index contributed by atoms with van der Waals surface area (Å²) in [5.74, 6) is -0.640. The smallest absolute Gasteiger partial charge is 0.328 e. The van der Waals surface area contributed by atoms with Crippen LogP contribution in [0.3, 0.4) is 0 Å². The molecule has 1 aliphatic heterocycles. The van der Waals surface area contributed by atoms with Crippen LogP contribution in [0.5, 0.6) is 0 Å². The number of hydrogen-bond acceptors (Lipinski definition) is 5. The third-order valence-electron chi connectivity index (χ3n) is 5.85. The first-order chi connectivity index (χ1) is 15.5.